The Morgan fingerprint density at radius 3 is 2.18 bits per heavy atom. The number of ether oxygens (including phenoxy) is 1. The molecule has 2 aromatic carbocycles. The SMILES string of the molecule is Cc1ccc(NC(=O)COC(=O)c2ccc(NC(N)=O)cc2)cc1S(=O)(=O)N1CCCCCC1. The third-order valence-electron chi connectivity index (χ3n) is 5.38. The van der Waals surface area contributed by atoms with Gasteiger partial charge in [-0.05, 0) is 61.7 Å². The predicted molar refractivity (Wildman–Crippen MR) is 127 cm³/mol. The van der Waals surface area contributed by atoms with Gasteiger partial charge in [0, 0.05) is 24.5 Å². The van der Waals surface area contributed by atoms with Gasteiger partial charge in [-0.15, -0.1) is 0 Å². The first-order valence-electron chi connectivity index (χ1n) is 10.9. The first-order valence-corrected chi connectivity index (χ1v) is 12.3. The average Bonchev–Trinajstić information content (AvgIpc) is 3.09. The maximum absolute atomic E-state index is 13.2. The number of rotatable bonds is 7. The van der Waals surface area contributed by atoms with Crippen molar-refractivity contribution in [1.82, 2.24) is 4.31 Å². The Morgan fingerprint density at radius 1 is 0.941 bits per heavy atom. The second-order valence-electron chi connectivity index (χ2n) is 7.99. The number of sulfonamides is 1. The third kappa shape index (κ3) is 6.55. The molecule has 0 radical (unpaired) electrons. The fourth-order valence-electron chi connectivity index (χ4n) is 3.62. The van der Waals surface area contributed by atoms with E-state index >= 15 is 0 Å². The van der Waals surface area contributed by atoms with E-state index in [-0.39, 0.29) is 10.5 Å². The Bertz CT molecular complexity index is 1160. The largest absolute Gasteiger partial charge is 0.452 e. The number of amides is 3. The Kier molecular flexibility index (Phi) is 8.24. The van der Waals surface area contributed by atoms with Gasteiger partial charge in [-0.1, -0.05) is 18.9 Å². The van der Waals surface area contributed by atoms with E-state index in [1.54, 1.807) is 19.1 Å². The van der Waals surface area contributed by atoms with Crippen molar-refractivity contribution in [2.45, 2.75) is 37.5 Å². The number of hydrogen-bond acceptors (Lipinski definition) is 6. The van der Waals surface area contributed by atoms with Gasteiger partial charge >= 0.3 is 12.0 Å². The molecule has 182 valence electrons. The summed E-state index contributed by atoms with van der Waals surface area (Å²) >= 11 is 0. The molecule has 11 heteroatoms. The standard InChI is InChI=1S/C23H28N4O6S/c1-16-6-9-19(14-20(16)34(31,32)27-12-4-2-3-5-13-27)25-21(28)15-33-22(29)17-7-10-18(11-8-17)26-23(24)30/h6-11,14H,2-5,12-13,15H2,1H3,(H,25,28)(H3,24,26,30). The summed E-state index contributed by atoms with van der Waals surface area (Å²) in [5, 5.41) is 4.94. The van der Waals surface area contributed by atoms with E-state index in [1.165, 1.54) is 34.6 Å². The highest BCUT2D eigenvalue weighted by atomic mass is 32.2. The molecule has 1 aliphatic rings. The number of nitrogens with two attached hydrogens (primary N) is 1. The maximum atomic E-state index is 13.2. The number of hydrogen-bond donors (Lipinski definition) is 3. The van der Waals surface area contributed by atoms with Crippen molar-refractivity contribution in [3.8, 4) is 0 Å². The van der Waals surface area contributed by atoms with Gasteiger partial charge in [0.15, 0.2) is 6.61 Å². The number of primary amides is 1. The molecule has 0 aliphatic carbocycles. The zero-order valence-corrected chi connectivity index (χ0v) is 19.7. The van der Waals surface area contributed by atoms with Crippen LogP contribution >= 0.6 is 0 Å². The molecule has 3 amide bonds. The zero-order valence-electron chi connectivity index (χ0n) is 18.9. The molecule has 4 N–H and O–H groups in total. The lowest BCUT2D eigenvalue weighted by Crippen LogP contribution is -2.32. The molecule has 0 atom stereocenters. The van der Waals surface area contributed by atoms with Crippen LogP contribution in [0.25, 0.3) is 0 Å². The second-order valence-corrected chi connectivity index (χ2v) is 9.90. The Morgan fingerprint density at radius 2 is 1.56 bits per heavy atom. The molecule has 34 heavy (non-hydrogen) atoms. The van der Waals surface area contributed by atoms with Gasteiger partial charge in [0.05, 0.1) is 10.5 Å². The zero-order chi connectivity index (χ0) is 24.7. The summed E-state index contributed by atoms with van der Waals surface area (Å²) in [4.78, 5) is 35.5. The summed E-state index contributed by atoms with van der Waals surface area (Å²) in [5.41, 5.74) is 6.50. The van der Waals surface area contributed by atoms with Crippen LogP contribution in [0, 0.1) is 6.92 Å². The number of carbonyl (C=O) groups excluding carboxylic acids is 3. The number of carbonyl (C=O) groups is 3. The highest BCUT2D eigenvalue weighted by Crippen LogP contribution is 2.26. The smallest absolute Gasteiger partial charge is 0.338 e. The van der Waals surface area contributed by atoms with Crippen LogP contribution in [0.15, 0.2) is 47.4 Å². The molecular weight excluding hydrogens is 460 g/mol. The van der Waals surface area contributed by atoms with Crippen LogP contribution in [0.2, 0.25) is 0 Å². The van der Waals surface area contributed by atoms with Crippen molar-refractivity contribution in [3.05, 3.63) is 53.6 Å². The van der Waals surface area contributed by atoms with Crippen molar-refractivity contribution < 1.29 is 27.5 Å². The molecule has 0 bridgehead atoms. The number of nitrogens with zero attached hydrogens (tertiary/aromatic N) is 1. The number of aryl methyl sites for hydroxylation is 1. The van der Waals surface area contributed by atoms with Crippen molar-refractivity contribution in [3.63, 3.8) is 0 Å². The van der Waals surface area contributed by atoms with Gasteiger partial charge in [-0.3, -0.25) is 4.79 Å². The van der Waals surface area contributed by atoms with Gasteiger partial charge in [-0.25, -0.2) is 18.0 Å². The molecule has 0 saturated carbocycles. The minimum absolute atomic E-state index is 0.147. The molecule has 1 heterocycles. The normalized spacial score (nSPS) is 14.6. The summed E-state index contributed by atoms with van der Waals surface area (Å²) in [5.74, 6) is -1.34. The molecule has 1 saturated heterocycles. The third-order valence-corrected chi connectivity index (χ3v) is 7.42. The van der Waals surface area contributed by atoms with E-state index in [1.807, 2.05) is 0 Å². The molecule has 0 spiro atoms. The average molecular weight is 489 g/mol. The summed E-state index contributed by atoms with van der Waals surface area (Å²) < 4.78 is 32.9. The molecule has 2 aromatic rings. The number of urea groups is 1. The Balaban J connectivity index is 1.61. The van der Waals surface area contributed by atoms with Crippen LogP contribution in [0.3, 0.4) is 0 Å². The highest BCUT2D eigenvalue weighted by molar-refractivity contribution is 7.89. The fourth-order valence-corrected chi connectivity index (χ4v) is 5.39. The van der Waals surface area contributed by atoms with Crippen molar-refractivity contribution in [2.75, 3.05) is 30.3 Å². The lowest BCUT2D eigenvalue weighted by Gasteiger charge is -2.21. The van der Waals surface area contributed by atoms with Gasteiger partial charge in [-0.2, -0.15) is 4.31 Å². The summed E-state index contributed by atoms with van der Waals surface area (Å²) in [6, 6.07) is 9.72. The topological polar surface area (TPSA) is 148 Å². The van der Waals surface area contributed by atoms with Crippen molar-refractivity contribution in [1.29, 1.82) is 0 Å². The van der Waals surface area contributed by atoms with E-state index in [0.29, 0.717) is 30.0 Å². The molecule has 3 rings (SSSR count). The molecule has 0 unspecified atom stereocenters. The predicted octanol–water partition coefficient (Wildman–Crippen LogP) is 2.85. The van der Waals surface area contributed by atoms with E-state index in [4.69, 9.17) is 10.5 Å². The van der Waals surface area contributed by atoms with E-state index in [0.717, 1.165) is 25.7 Å². The number of benzene rings is 2. The van der Waals surface area contributed by atoms with Gasteiger partial charge in [0.25, 0.3) is 5.91 Å². The lowest BCUT2D eigenvalue weighted by molar-refractivity contribution is -0.119. The van der Waals surface area contributed by atoms with Gasteiger partial charge in [0.1, 0.15) is 0 Å². The van der Waals surface area contributed by atoms with Crippen molar-refractivity contribution >= 4 is 39.3 Å². The van der Waals surface area contributed by atoms with Crippen LogP contribution in [-0.4, -0.2) is 50.3 Å². The Labute approximate surface area is 198 Å². The second kappa shape index (κ2) is 11.1. The molecule has 1 fully saturated rings. The van der Waals surface area contributed by atoms with Crippen LogP contribution in [0.4, 0.5) is 16.2 Å². The minimum atomic E-state index is -3.68. The van der Waals surface area contributed by atoms with Crippen molar-refractivity contribution in [2.24, 2.45) is 5.73 Å². The highest BCUT2D eigenvalue weighted by Gasteiger charge is 2.27. The molecule has 10 nitrogen and oxygen atoms in total. The molecule has 0 aromatic heterocycles. The molecule has 1 aliphatic heterocycles. The quantitative estimate of drug-likeness (QED) is 0.511. The Hall–Kier alpha value is -3.44. The van der Waals surface area contributed by atoms with Crippen LogP contribution in [0.1, 0.15) is 41.6 Å². The number of anilines is 2. The monoisotopic (exact) mass is 488 g/mol. The fraction of sp³-hybridized carbons (Fsp3) is 0.348. The van der Waals surface area contributed by atoms with E-state index in [9.17, 15) is 22.8 Å². The van der Waals surface area contributed by atoms with E-state index in [2.05, 4.69) is 10.6 Å². The first kappa shape index (κ1) is 25.2. The summed E-state index contributed by atoms with van der Waals surface area (Å²) in [7, 11) is -3.68. The van der Waals surface area contributed by atoms with Gasteiger partial charge in [0.2, 0.25) is 10.0 Å². The maximum Gasteiger partial charge on any atom is 0.338 e. The van der Waals surface area contributed by atoms with Crippen LogP contribution in [-0.2, 0) is 19.6 Å². The minimum Gasteiger partial charge on any atom is -0.452 e. The van der Waals surface area contributed by atoms with Gasteiger partial charge < -0.3 is 21.1 Å². The summed E-state index contributed by atoms with van der Waals surface area (Å²) in [6.07, 6.45) is 3.66. The van der Waals surface area contributed by atoms with E-state index < -0.39 is 34.5 Å². The van der Waals surface area contributed by atoms with Crippen LogP contribution in [0.5, 0.6) is 0 Å². The molecular formula is C23H28N4O6S. The first-order chi connectivity index (χ1) is 16.2. The number of nitrogens with one attached hydrogen (secondary N) is 2. The van der Waals surface area contributed by atoms with Crippen LogP contribution < -0.4 is 16.4 Å². The number of esters is 1. The summed E-state index contributed by atoms with van der Waals surface area (Å²) in [6.45, 7) is 2.12. The lowest BCUT2D eigenvalue weighted by atomic mass is 10.2.